The van der Waals surface area contributed by atoms with Crippen LogP contribution in [0, 0.1) is 0 Å². The van der Waals surface area contributed by atoms with Gasteiger partial charge in [-0.25, -0.2) is 0 Å². The van der Waals surface area contributed by atoms with Crippen LogP contribution in [0.3, 0.4) is 0 Å². The van der Waals surface area contributed by atoms with Crippen LogP contribution in [-0.4, -0.2) is 32.3 Å². The van der Waals surface area contributed by atoms with Gasteiger partial charge in [0.05, 0.1) is 18.1 Å². The number of carbonyl (C=O) groups excluding carboxylic acids is 1. The first-order valence-electron chi connectivity index (χ1n) is 8.70. The number of benzene rings is 2. The predicted molar refractivity (Wildman–Crippen MR) is 117 cm³/mol. The van der Waals surface area contributed by atoms with Gasteiger partial charge in [0.15, 0.2) is 0 Å². The molecule has 2 aromatic carbocycles. The zero-order valence-electron chi connectivity index (χ0n) is 16.1. The number of anilines is 2. The van der Waals surface area contributed by atoms with E-state index in [1.54, 1.807) is 37.4 Å². The van der Waals surface area contributed by atoms with Crippen LogP contribution in [0.25, 0.3) is 0 Å². The fourth-order valence-corrected chi connectivity index (χ4v) is 3.32. The monoisotopic (exact) mass is 422 g/mol. The summed E-state index contributed by atoms with van der Waals surface area (Å²) in [5, 5.41) is 3.54. The highest BCUT2D eigenvalue weighted by atomic mass is 35.5. The quantitative estimate of drug-likeness (QED) is 0.461. The summed E-state index contributed by atoms with van der Waals surface area (Å²) in [5.74, 6) is -0.421. The largest absolute Gasteiger partial charge is 0.495 e. The maximum absolute atomic E-state index is 13.0. The number of hydrogen-bond acceptors (Lipinski definition) is 5. The summed E-state index contributed by atoms with van der Waals surface area (Å²) in [5.41, 5.74) is 15.1. The van der Waals surface area contributed by atoms with Gasteiger partial charge in [-0.2, -0.15) is 0 Å². The van der Waals surface area contributed by atoms with Crippen molar-refractivity contribution in [3.8, 4) is 5.75 Å². The normalized spacial score (nSPS) is 12.6. The Morgan fingerprint density at radius 2 is 2.00 bits per heavy atom. The van der Waals surface area contributed by atoms with Crippen LogP contribution < -0.4 is 21.5 Å². The number of nitrogens with one attached hydrogen (secondary N) is 1. The number of amides is 1. The first kappa shape index (κ1) is 22.0. The standard InChI is InChI=1S/C20H24Cl2N4O2/c1-11(25-2)15-10-12(4-7-17(15)24)26-20(27)14(8-9-23)13-5-6-16(21)18(22)19(13)28-3/h4-7,10,14H,8-9,23-24H2,1-3H3,(H,26,27). The van der Waals surface area contributed by atoms with E-state index in [-0.39, 0.29) is 10.9 Å². The van der Waals surface area contributed by atoms with Crippen LogP contribution in [0.1, 0.15) is 30.4 Å². The average Bonchev–Trinajstić information content (AvgIpc) is 2.69. The summed E-state index contributed by atoms with van der Waals surface area (Å²) in [6.07, 6.45) is 0.414. The number of halogens is 2. The lowest BCUT2D eigenvalue weighted by molar-refractivity contribution is -0.117. The van der Waals surface area contributed by atoms with E-state index in [0.29, 0.717) is 40.7 Å². The highest BCUT2D eigenvalue weighted by Crippen LogP contribution is 2.39. The van der Waals surface area contributed by atoms with E-state index < -0.39 is 5.92 Å². The molecule has 1 atom stereocenters. The summed E-state index contributed by atoms with van der Waals surface area (Å²) in [6.45, 7) is 2.17. The maximum atomic E-state index is 13.0. The SMILES string of the molecule is CN=C(C)c1cc(NC(=O)C(CCN)c2ccc(Cl)c(Cl)c2OC)ccc1N. The highest BCUT2D eigenvalue weighted by Gasteiger charge is 2.26. The third-order valence-electron chi connectivity index (χ3n) is 4.48. The lowest BCUT2D eigenvalue weighted by Crippen LogP contribution is -2.24. The molecule has 0 spiro atoms. The Hall–Kier alpha value is -2.28. The van der Waals surface area contributed by atoms with Gasteiger partial charge in [0, 0.05) is 35.3 Å². The molecule has 6 nitrogen and oxygen atoms in total. The molecular weight excluding hydrogens is 399 g/mol. The number of ether oxygens (including phenoxy) is 1. The highest BCUT2D eigenvalue weighted by molar-refractivity contribution is 6.43. The van der Waals surface area contributed by atoms with Crippen LogP contribution in [0.4, 0.5) is 11.4 Å². The Morgan fingerprint density at radius 1 is 1.29 bits per heavy atom. The topological polar surface area (TPSA) is 103 Å². The second-order valence-corrected chi connectivity index (χ2v) is 7.00. The third-order valence-corrected chi connectivity index (χ3v) is 5.26. The van der Waals surface area contributed by atoms with E-state index >= 15 is 0 Å². The lowest BCUT2D eigenvalue weighted by Gasteiger charge is -2.20. The van der Waals surface area contributed by atoms with Crippen molar-refractivity contribution in [2.75, 3.05) is 31.8 Å². The van der Waals surface area contributed by atoms with Crippen molar-refractivity contribution in [1.82, 2.24) is 0 Å². The predicted octanol–water partition coefficient (Wildman–Crippen LogP) is 4.09. The summed E-state index contributed by atoms with van der Waals surface area (Å²) >= 11 is 12.3. The molecule has 8 heteroatoms. The number of methoxy groups -OCH3 is 1. The van der Waals surface area contributed by atoms with Gasteiger partial charge in [0.2, 0.25) is 5.91 Å². The minimum atomic E-state index is -0.559. The van der Waals surface area contributed by atoms with Gasteiger partial charge in [-0.05, 0) is 44.2 Å². The molecular formula is C20H24Cl2N4O2. The van der Waals surface area contributed by atoms with Crippen LogP contribution in [0.2, 0.25) is 10.0 Å². The van der Waals surface area contributed by atoms with Crippen molar-refractivity contribution in [3.05, 3.63) is 51.5 Å². The first-order chi connectivity index (χ1) is 13.3. The lowest BCUT2D eigenvalue weighted by atomic mass is 9.93. The molecule has 0 aliphatic heterocycles. The van der Waals surface area contributed by atoms with Crippen LogP contribution >= 0.6 is 23.2 Å². The molecule has 5 N–H and O–H groups in total. The number of nitrogens with two attached hydrogens (primary N) is 2. The Bertz CT molecular complexity index is 900. The molecule has 2 rings (SSSR count). The number of rotatable bonds is 7. The first-order valence-corrected chi connectivity index (χ1v) is 9.45. The second kappa shape index (κ2) is 9.78. The van der Waals surface area contributed by atoms with Crippen LogP contribution in [0.15, 0.2) is 35.3 Å². The molecule has 1 unspecified atom stereocenters. The molecule has 0 aromatic heterocycles. The molecule has 0 aliphatic carbocycles. The zero-order chi connectivity index (χ0) is 20.8. The van der Waals surface area contributed by atoms with Crippen molar-refractivity contribution >= 4 is 46.2 Å². The zero-order valence-corrected chi connectivity index (χ0v) is 17.6. The fourth-order valence-electron chi connectivity index (χ4n) is 2.92. The van der Waals surface area contributed by atoms with E-state index in [1.807, 2.05) is 6.92 Å². The Kier molecular flexibility index (Phi) is 7.69. The summed E-state index contributed by atoms with van der Waals surface area (Å²) < 4.78 is 5.40. The van der Waals surface area contributed by atoms with Crippen LogP contribution in [-0.2, 0) is 4.79 Å². The molecule has 0 saturated heterocycles. The maximum Gasteiger partial charge on any atom is 0.232 e. The van der Waals surface area contributed by atoms with Gasteiger partial charge >= 0.3 is 0 Å². The van der Waals surface area contributed by atoms with E-state index in [2.05, 4.69) is 10.3 Å². The molecule has 2 aromatic rings. The van der Waals surface area contributed by atoms with Gasteiger partial charge in [0.1, 0.15) is 10.8 Å². The molecule has 150 valence electrons. The van der Waals surface area contributed by atoms with E-state index in [4.69, 9.17) is 39.4 Å². The summed E-state index contributed by atoms with van der Waals surface area (Å²) in [6, 6.07) is 8.64. The molecule has 0 saturated carbocycles. The molecule has 0 bridgehead atoms. The Balaban J connectivity index is 2.39. The second-order valence-electron chi connectivity index (χ2n) is 6.21. The van der Waals surface area contributed by atoms with Gasteiger partial charge in [0.25, 0.3) is 0 Å². The van der Waals surface area contributed by atoms with Gasteiger partial charge in [-0.3, -0.25) is 9.79 Å². The minimum Gasteiger partial charge on any atom is -0.495 e. The smallest absolute Gasteiger partial charge is 0.232 e. The third kappa shape index (κ3) is 4.76. The van der Waals surface area contributed by atoms with E-state index in [9.17, 15) is 4.79 Å². The van der Waals surface area contributed by atoms with Crippen LogP contribution in [0.5, 0.6) is 5.75 Å². The van der Waals surface area contributed by atoms with Gasteiger partial charge < -0.3 is 21.5 Å². The number of carbonyl (C=O) groups is 1. The van der Waals surface area contributed by atoms with Crippen molar-refractivity contribution in [2.24, 2.45) is 10.7 Å². The molecule has 0 fully saturated rings. The van der Waals surface area contributed by atoms with E-state index in [0.717, 1.165) is 11.3 Å². The summed E-state index contributed by atoms with van der Waals surface area (Å²) in [7, 11) is 3.17. The van der Waals surface area contributed by atoms with Crippen molar-refractivity contribution < 1.29 is 9.53 Å². The van der Waals surface area contributed by atoms with Crippen molar-refractivity contribution in [3.63, 3.8) is 0 Å². The summed E-state index contributed by atoms with van der Waals surface area (Å²) in [4.78, 5) is 17.2. The minimum absolute atomic E-state index is 0.232. The van der Waals surface area contributed by atoms with Crippen molar-refractivity contribution in [2.45, 2.75) is 19.3 Å². The Morgan fingerprint density at radius 3 is 2.61 bits per heavy atom. The number of nitrogens with zero attached hydrogens (tertiary/aromatic N) is 1. The molecule has 0 aliphatic rings. The Labute approximate surface area is 174 Å². The van der Waals surface area contributed by atoms with Crippen molar-refractivity contribution in [1.29, 1.82) is 0 Å². The fraction of sp³-hybridized carbons (Fsp3) is 0.300. The molecule has 0 radical (unpaired) electrons. The number of aliphatic imine (C=N–C) groups is 1. The molecule has 28 heavy (non-hydrogen) atoms. The van der Waals surface area contributed by atoms with E-state index in [1.165, 1.54) is 7.11 Å². The molecule has 1 amide bonds. The average molecular weight is 423 g/mol. The molecule has 0 heterocycles. The van der Waals surface area contributed by atoms with Gasteiger partial charge in [-0.15, -0.1) is 0 Å². The number of hydrogen-bond donors (Lipinski definition) is 3. The van der Waals surface area contributed by atoms with Gasteiger partial charge in [-0.1, -0.05) is 29.3 Å². The number of nitrogen functional groups attached to an aromatic ring is 1.